The number of rotatable bonds is 2. The minimum atomic E-state index is -0.327. The SMILES string of the molecule is Cc1c(NC(=O)Nc2cccnc2)cnc2ccc(Br)cc12. The van der Waals surface area contributed by atoms with Crippen LogP contribution in [-0.2, 0) is 0 Å². The highest BCUT2D eigenvalue weighted by molar-refractivity contribution is 9.10. The normalized spacial score (nSPS) is 10.5. The Morgan fingerprint density at radius 1 is 1.18 bits per heavy atom. The van der Waals surface area contributed by atoms with E-state index in [9.17, 15) is 4.79 Å². The Morgan fingerprint density at radius 2 is 2.05 bits per heavy atom. The van der Waals surface area contributed by atoms with Gasteiger partial charge in [0.1, 0.15) is 0 Å². The number of halogens is 1. The van der Waals surface area contributed by atoms with Gasteiger partial charge in [0.05, 0.1) is 29.3 Å². The molecule has 0 saturated heterocycles. The number of urea groups is 1. The molecule has 0 aliphatic heterocycles. The fraction of sp³-hybridized carbons (Fsp3) is 0.0625. The van der Waals surface area contributed by atoms with E-state index in [1.165, 1.54) is 0 Å². The van der Waals surface area contributed by atoms with Gasteiger partial charge in [-0.1, -0.05) is 15.9 Å². The number of amides is 2. The highest BCUT2D eigenvalue weighted by Gasteiger charge is 2.09. The fourth-order valence-electron chi connectivity index (χ4n) is 2.14. The van der Waals surface area contributed by atoms with E-state index >= 15 is 0 Å². The van der Waals surface area contributed by atoms with E-state index in [0.29, 0.717) is 11.4 Å². The standard InChI is InChI=1S/C16H13BrN4O/c1-10-13-7-11(17)4-5-14(13)19-9-15(10)21-16(22)20-12-3-2-6-18-8-12/h2-9H,1H3,(H2,20,21,22). The van der Waals surface area contributed by atoms with Crippen molar-refractivity contribution in [3.63, 3.8) is 0 Å². The van der Waals surface area contributed by atoms with Gasteiger partial charge in [0, 0.05) is 16.1 Å². The molecule has 2 N–H and O–H groups in total. The van der Waals surface area contributed by atoms with Crippen LogP contribution in [0.25, 0.3) is 10.9 Å². The molecule has 3 aromatic rings. The summed E-state index contributed by atoms with van der Waals surface area (Å²) in [6.07, 6.45) is 4.90. The Kier molecular flexibility index (Phi) is 4.02. The lowest BCUT2D eigenvalue weighted by Gasteiger charge is -2.11. The van der Waals surface area contributed by atoms with Crippen molar-refractivity contribution >= 4 is 44.2 Å². The van der Waals surface area contributed by atoms with Crippen molar-refractivity contribution in [2.75, 3.05) is 10.6 Å². The molecule has 3 rings (SSSR count). The van der Waals surface area contributed by atoms with Gasteiger partial charge >= 0.3 is 6.03 Å². The first-order chi connectivity index (χ1) is 10.6. The van der Waals surface area contributed by atoms with Crippen molar-refractivity contribution in [2.45, 2.75) is 6.92 Å². The van der Waals surface area contributed by atoms with E-state index < -0.39 is 0 Å². The molecular weight excluding hydrogens is 344 g/mol. The Labute approximate surface area is 135 Å². The van der Waals surface area contributed by atoms with E-state index in [0.717, 1.165) is 20.9 Å². The van der Waals surface area contributed by atoms with Crippen LogP contribution in [0.2, 0.25) is 0 Å². The first-order valence-corrected chi connectivity index (χ1v) is 7.46. The first-order valence-electron chi connectivity index (χ1n) is 6.66. The average Bonchev–Trinajstić information content (AvgIpc) is 2.51. The van der Waals surface area contributed by atoms with Gasteiger partial charge in [-0.15, -0.1) is 0 Å². The number of fused-ring (bicyclic) bond motifs is 1. The minimum Gasteiger partial charge on any atom is -0.306 e. The van der Waals surface area contributed by atoms with Crippen LogP contribution in [0.3, 0.4) is 0 Å². The Morgan fingerprint density at radius 3 is 2.82 bits per heavy atom. The molecule has 2 aromatic heterocycles. The summed E-state index contributed by atoms with van der Waals surface area (Å²) in [6.45, 7) is 1.95. The number of hydrogen-bond acceptors (Lipinski definition) is 3. The van der Waals surface area contributed by atoms with Crippen LogP contribution in [0, 0.1) is 6.92 Å². The zero-order chi connectivity index (χ0) is 15.5. The highest BCUT2D eigenvalue weighted by Crippen LogP contribution is 2.26. The maximum absolute atomic E-state index is 12.1. The van der Waals surface area contributed by atoms with Gasteiger partial charge in [0.15, 0.2) is 0 Å². The number of pyridine rings is 2. The lowest BCUT2D eigenvalue weighted by Crippen LogP contribution is -2.20. The molecule has 0 aliphatic rings. The van der Waals surface area contributed by atoms with Crippen molar-refractivity contribution in [2.24, 2.45) is 0 Å². The number of hydrogen-bond donors (Lipinski definition) is 2. The van der Waals surface area contributed by atoms with Crippen LogP contribution < -0.4 is 10.6 Å². The molecule has 0 aliphatic carbocycles. The zero-order valence-corrected chi connectivity index (χ0v) is 13.4. The third-order valence-corrected chi connectivity index (χ3v) is 3.76. The summed E-state index contributed by atoms with van der Waals surface area (Å²) in [6, 6.07) is 9.07. The van der Waals surface area contributed by atoms with Crippen LogP contribution in [0.1, 0.15) is 5.56 Å². The van der Waals surface area contributed by atoms with Gasteiger partial charge in [0.25, 0.3) is 0 Å². The minimum absolute atomic E-state index is 0.327. The molecule has 2 amide bonds. The largest absolute Gasteiger partial charge is 0.323 e. The number of aromatic nitrogens is 2. The molecule has 1 aromatic carbocycles. The molecule has 0 bridgehead atoms. The van der Waals surface area contributed by atoms with E-state index in [-0.39, 0.29) is 6.03 Å². The average molecular weight is 357 g/mol. The van der Waals surface area contributed by atoms with Crippen molar-refractivity contribution in [1.29, 1.82) is 0 Å². The van der Waals surface area contributed by atoms with Gasteiger partial charge in [-0.05, 0) is 42.8 Å². The maximum Gasteiger partial charge on any atom is 0.323 e. The lowest BCUT2D eigenvalue weighted by molar-refractivity contribution is 0.262. The third kappa shape index (κ3) is 3.07. The van der Waals surface area contributed by atoms with Crippen LogP contribution in [-0.4, -0.2) is 16.0 Å². The lowest BCUT2D eigenvalue weighted by atomic mass is 10.1. The number of carbonyl (C=O) groups excluding carboxylic acids is 1. The van der Waals surface area contributed by atoms with Crippen molar-refractivity contribution < 1.29 is 4.79 Å². The monoisotopic (exact) mass is 356 g/mol. The number of nitrogens with one attached hydrogen (secondary N) is 2. The van der Waals surface area contributed by atoms with Gasteiger partial charge in [-0.3, -0.25) is 9.97 Å². The molecule has 6 heteroatoms. The summed E-state index contributed by atoms with van der Waals surface area (Å²) in [4.78, 5) is 20.4. The number of aryl methyl sites for hydroxylation is 1. The van der Waals surface area contributed by atoms with E-state index in [1.807, 2.05) is 25.1 Å². The topological polar surface area (TPSA) is 66.9 Å². The van der Waals surface area contributed by atoms with Gasteiger partial charge in [-0.2, -0.15) is 0 Å². The van der Waals surface area contributed by atoms with E-state index in [2.05, 4.69) is 36.5 Å². The van der Waals surface area contributed by atoms with Crippen LogP contribution >= 0.6 is 15.9 Å². The van der Waals surface area contributed by atoms with Crippen molar-refractivity contribution in [3.05, 3.63) is 59.0 Å². The van der Waals surface area contributed by atoms with Crippen molar-refractivity contribution in [3.8, 4) is 0 Å². The molecule has 0 atom stereocenters. The summed E-state index contributed by atoms with van der Waals surface area (Å²) < 4.78 is 0.974. The number of benzene rings is 1. The molecule has 0 radical (unpaired) electrons. The Hall–Kier alpha value is -2.47. The summed E-state index contributed by atoms with van der Waals surface area (Å²) in [5.74, 6) is 0. The molecule has 5 nitrogen and oxygen atoms in total. The third-order valence-electron chi connectivity index (χ3n) is 3.27. The Bertz CT molecular complexity index is 836. The molecule has 0 saturated carbocycles. The van der Waals surface area contributed by atoms with Crippen molar-refractivity contribution in [1.82, 2.24) is 9.97 Å². The smallest absolute Gasteiger partial charge is 0.306 e. The molecule has 0 fully saturated rings. The predicted octanol–water partition coefficient (Wildman–Crippen LogP) is 4.34. The molecule has 2 heterocycles. The molecule has 0 unspecified atom stereocenters. The molecule has 110 valence electrons. The molecular formula is C16H13BrN4O. The second-order valence-electron chi connectivity index (χ2n) is 4.78. The van der Waals surface area contributed by atoms with E-state index in [1.54, 1.807) is 30.7 Å². The summed E-state index contributed by atoms with van der Waals surface area (Å²) in [5, 5.41) is 6.54. The van der Waals surface area contributed by atoms with Crippen LogP contribution in [0.5, 0.6) is 0 Å². The zero-order valence-electron chi connectivity index (χ0n) is 11.8. The number of anilines is 2. The highest BCUT2D eigenvalue weighted by atomic mass is 79.9. The van der Waals surface area contributed by atoms with Gasteiger partial charge < -0.3 is 10.6 Å². The molecule has 22 heavy (non-hydrogen) atoms. The van der Waals surface area contributed by atoms with E-state index in [4.69, 9.17) is 0 Å². The van der Waals surface area contributed by atoms with Crippen LogP contribution in [0.4, 0.5) is 16.2 Å². The predicted molar refractivity (Wildman–Crippen MR) is 91.1 cm³/mol. The second-order valence-corrected chi connectivity index (χ2v) is 5.69. The number of carbonyl (C=O) groups is 1. The second kappa shape index (κ2) is 6.11. The van der Waals surface area contributed by atoms with Gasteiger partial charge in [-0.25, -0.2) is 4.79 Å². The summed E-state index contributed by atoms with van der Waals surface area (Å²) >= 11 is 3.45. The Balaban J connectivity index is 1.84. The first kappa shape index (κ1) is 14.5. The van der Waals surface area contributed by atoms with Crippen LogP contribution in [0.15, 0.2) is 53.4 Å². The summed E-state index contributed by atoms with van der Waals surface area (Å²) in [7, 11) is 0. The summed E-state index contributed by atoms with van der Waals surface area (Å²) in [5.41, 5.74) is 3.16. The quantitative estimate of drug-likeness (QED) is 0.717. The van der Waals surface area contributed by atoms with Gasteiger partial charge in [0.2, 0.25) is 0 Å². The number of nitrogens with zero attached hydrogens (tertiary/aromatic N) is 2. The molecule has 0 spiro atoms. The maximum atomic E-state index is 12.1. The fourth-order valence-corrected chi connectivity index (χ4v) is 2.51.